The number of anilines is 1. The average molecular weight is 268 g/mol. The molecule has 0 unspecified atom stereocenters. The van der Waals surface area contributed by atoms with Gasteiger partial charge in [0, 0.05) is 12.6 Å². The predicted octanol–water partition coefficient (Wildman–Crippen LogP) is 1.98. The second-order valence-electron chi connectivity index (χ2n) is 4.89. The smallest absolute Gasteiger partial charge is 0.272 e. The van der Waals surface area contributed by atoms with Crippen LogP contribution in [0.3, 0.4) is 0 Å². The van der Waals surface area contributed by atoms with Crippen LogP contribution in [0.1, 0.15) is 28.9 Å². The number of benzene rings is 1. The monoisotopic (exact) mass is 268 g/mol. The Morgan fingerprint density at radius 3 is 2.55 bits per heavy atom. The van der Waals surface area contributed by atoms with E-state index in [1.807, 2.05) is 30.3 Å². The molecule has 0 atom stereocenters. The summed E-state index contributed by atoms with van der Waals surface area (Å²) in [6.07, 6.45) is 2.13. The Hall–Kier alpha value is -2.43. The highest BCUT2D eigenvalue weighted by atomic mass is 16.2. The minimum Gasteiger partial charge on any atom is -0.365 e. The number of nitrogens with one attached hydrogen (secondary N) is 2. The maximum atomic E-state index is 11.8. The summed E-state index contributed by atoms with van der Waals surface area (Å²) in [5.74, 6) is 0.520. The quantitative estimate of drug-likeness (QED) is 0.870. The van der Waals surface area contributed by atoms with Crippen molar-refractivity contribution < 1.29 is 4.79 Å². The van der Waals surface area contributed by atoms with E-state index in [9.17, 15) is 4.79 Å². The fourth-order valence-electron chi connectivity index (χ4n) is 1.82. The van der Waals surface area contributed by atoms with E-state index in [0.29, 0.717) is 24.1 Å². The maximum Gasteiger partial charge on any atom is 0.272 e. The SMILES string of the molecule is O=C(NC1CC1)c1ccc(NCc2ccccc2)nn1. The number of amides is 1. The van der Waals surface area contributed by atoms with Crippen LogP contribution in [0, 0.1) is 0 Å². The zero-order chi connectivity index (χ0) is 13.8. The van der Waals surface area contributed by atoms with E-state index in [4.69, 9.17) is 0 Å². The van der Waals surface area contributed by atoms with Crippen LogP contribution in [0.4, 0.5) is 5.82 Å². The van der Waals surface area contributed by atoms with Crippen LogP contribution in [-0.4, -0.2) is 22.1 Å². The van der Waals surface area contributed by atoms with Gasteiger partial charge >= 0.3 is 0 Å². The Morgan fingerprint density at radius 2 is 1.90 bits per heavy atom. The Labute approximate surface area is 117 Å². The molecule has 1 saturated carbocycles. The molecule has 1 aliphatic carbocycles. The molecule has 1 aromatic carbocycles. The normalized spacial score (nSPS) is 13.8. The second-order valence-corrected chi connectivity index (χ2v) is 4.89. The van der Waals surface area contributed by atoms with Gasteiger partial charge in [-0.3, -0.25) is 4.79 Å². The molecule has 102 valence electrons. The second kappa shape index (κ2) is 5.69. The van der Waals surface area contributed by atoms with Crippen molar-refractivity contribution in [2.45, 2.75) is 25.4 Å². The molecule has 1 fully saturated rings. The van der Waals surface area contributed by atoms with Gasteiger partial charge < -0.3 is 10.6 Å². The van der Waals surface area contributed by atoms with Gasteiger partial charge in [0.2, 0.25) is 0 Å². The Bertz CT molecular complexity index is 579. The topological polar surface area (TPSA) is 66.9 Å². The van der Waals surface area contributed by atoms with E-state index in [1.54, 1.807) is 12.1 Å². The van der Waals surface area contributed by atoms with Gasteiger partial charge in [-0.05, 0) is 30.5 Å². The van der Waals surface area contributed by atoms with E-state index in [1.165, 1.54) is 5.56 Å². The number of hydrogen-bond acceptors (Lipinski definition) is 4. The fraction of sp³-hybridized carbons (Fsp3) is 0.267. The number of nitrogens with zero attached hydrogens (tertiary/aromatic N) is 2. The largest absolute Gasteiger partial charge is 0.365 e. The molecule has 0 spiro atoms. The lowest BCUT2D eigenvalue weighted by atomic mass is 10.2. The molecule has 1 aromatic heterocycles. The number of aromatic nitrogens is 2. The molecule has 5 heteroatoms. The summed E-state index contributed by atoms with van der Waals surface area (Å²) in [6.45, 7) is 0.684. The fourth-order valence-corrected chi connectivity index (χ4v) is 1.82. The third-order valence-corrected chi connectivity index (χ3v) is 3.13. The first-order valence-corrected chi connectivity index (χ1v) is 6.73. The van der Waals surface area contributed by atoms with Crippen LogP contribution in [0.15, 0.2) is 42.5 Å². The molecule has 5 nitrogen and oxygen atoms in total. The lowest BCUT2D eigenvalue weighted by Gasteiger charge is -2.06. The lowest BCUT2D eigenvalue weighted by molar-refractivity contribution is 0.0945. The van der Waals surface area contributed by atoms with E-state index in [-0.39, 0.29) is 5.91 Å². The van der Waals surface area contributed by atoms with Crippen LogP contribution in [0.5, 0.6) is 0 Å². The lowest BCUT2D eigenvalue weighted by Crippen LogP contribution is -2.26. The summed E-state index contributed by atoms with van der Waals surface area (Å²) < 4.78 is 0. The van der Waals surface area contributed by atoms with Crippen LogP contribution in [0.2, 0.25) is 0 Å². The first-order valence-electron chi connectivity index (χ1n) is 6.73. The third-order valence-electron chi connectivity index (χ3n) is 3.13. The van der Waals surface area contributed by atoms with Crippen molar-refractivity contribution in [1.29, 1.82) is 0 Å². The minimum absolute atomic E-state index is 0.144. The molecule has 1 heterocycles. The zero-order valence-electron chi connectivity index (χ0n) is 11.0. The number of hydrogen-bond donors (Lipinski definition) is 2. The van der Waals surface area contributed by atoms with Gasteiger partial charge in [0.25, 0.3) is 5.91 Å². The molecular formula is C15H16N4O. The summed E-state index contributed by atoms with van der Waals surface area (Å²) >= 11 is 0. The molecule has 0 radical (unpaired) electrons. The maximum absolute atomic E-state index is 11.8. The summed E-state index contributed by atoms with van der Waals surface area (Å²) in [5, 5.41) is 14.0. The number of carbonyl (C=O) groups is 1. The van der Waals surface area contributed by atoms with Gasteiger partial charge in [0.1, 0.15) is 5.82 Å². The molecule has 1 amide bonds. The third kappa shape index (κ3) is 3.32. The van der Waals surface area contributed by atoms with Gasteiger partial charge in [-0.25, -0.2) is 0 Å². The Balaban J connectivity index is 1.56. The van der Waals surface area contributed by atoms with E-state index < -0.39 is 0 Å². The van der Waals surface area contributed by atoms with E-state index >= 15 is 0 Å². The molecule has 2 N–H and O–H groups in total. The van der Waals surface area contributed by atoms with Gasteiger partial charge in [-0.1, -0.05) is 30.3 Å². The Morgan fingerprint density at radius 1 is 1.10 bits per heavy atom. The molecule has 0 aliphatic heterocycles. The summed E-state index contributed by atoms with van der Waals surface area (Å²) in [6, 6.07) is 13.9. The molecule has 0 bridgehead atoms. The van der Waals surface area contributed by atoms with Gasteiger partial charge in [0.15, 0.2) is 5.69 Å². The molecule has 1 aliphatic rings. The predicted molar refractivity (Wildman–Crippen MR) is 76.3 cm³/mol. The number of carbonyl (C=O) groups excluding carboxylic acids is 1. The molecule has 20 heavy (non-hydrogen) atoms. The van der Waals surface area contributed by atoms with E-state index in [0.717, 1.165) is 12.8 Å². The highest BCUT2D eigenvalue weighted by Gasteiger charge is 2.24. The van der Waals surface area contributed by atoms with Crippen LogP contribution in [0.25, 0.3) is 0 Å². The van der Waals surface area contributed by atoms with Crippen molar-refractivity contribution in [3.63, 3.8) is 0 Å². The van der Waals surface area contributed by atoms with Crippen molar-refractivity contribution in [3.05, 3.63) is 53.7 Å². The van der Waals surface area contributed by atoms with Gasteiger partial charge in [-0.15, -0.1) is 10.2 Å². The van der Waals surface area contributed by atoms with Crippen molar-refractivity contribution in [1.82, 2.24) is 15.5 Å². The molecule has 3 rings (SSSR count). The first kappa shape index (κ1) is 12.6. The summed E-state index contributed by atoms with van der Waals surface area (Å²) in [5.41, 5.74) is 1.53. The standard InChI is InChI=1S/C15H16N4O/c20-15(17-12-6-7-12)13-8-9-14(19-18-13)16-10-11-4-2-1-3-5-11/h1-5,8-9,12H,6-7,10H2,(H,16,19)(H,17,20). The first-order chi connectivity index (χ1) is 9.81. The minimum atomic E-state index is -0.144. The van der Waals surface area contributed by atoms with Crippen molar-refractivity contribution >= 4 is 11.7 Å². The summed E-state index contributed by atoms with van der Waals surface area (Å²) in [4.78, 5) is 11.8. The van der Waals surface area contributed by atoms with Crippen LogP contribution >= 0.6 is 0 Å². The van der Waals surface area contributed by atoms with Gasteiger partial charge in [-0.2, -0.15) is 0 Å². The zero-order valence-corrected chi connectivity index (χ0v) is 11.0. The average Bonchev–Trinajstić information content (AvgIpc) is 3.31. The number of rotatable bonds is 5. The van der Waals surface area contributed by atoms with Crippen LogP contribution in [-0.2, 0) is 6.54 Å². The van der Waals surface area contributed by atoms with Crippen LogP contribution < -0.4 is 10.6 Å². The molecular weight excluding hydrogens is 252 g/mol. The van der Waals surface area contributed by atoms with E-state index in [2.05, 4.69) is 20.8 Å². The van der Waals surface area contributed by atoms with Crippen molar-refractivity contribution in [2.24, 2.45) is 0 Å². The van der Waals surface area contributed by atoms with Crippen molar-refractivity contribution in [3.8, 4) is 0 Å². The summed E-state index contributed by atoms with van der Waals surface area (Å²) in [7, 11) is 0. The molecule has 0 saturated heterocycles. The highest BCUT2D eigenvalue weighted by Crippen LogP contribution is 2.19. The highest BCUT2D eigenvalue weighted by molar-refractivity contribution is 5.92. The van der Waals surface area contributed by atoms with Gasteiger partial charge in [0.05, 0.1) is 0 Å². The molecule has 2 aromatic rings. The van der Waals surface area contributed by atoms with Crippen molar-refractivity contribution in [2.75, 3.05) is 5.32 Å². The Kier molecular flexibility index (Phi) is 3.58.